The Morgan fingerprint density at radius 2 is 2.46 bits per heavy atom. The van der Waals surface area contributed by atoms with Crippen LogP contribution in [0.1, 0.15) is 26.2 Å². The standard InChI is InChI=1S/C9H17NO2S/c1-7-9(6-10,5-8(11)12)3-2-4-13-7/h7H,2-6,10H2,1H3,(H,11,12). The molecular weight excluding hydrogens is 186 g/mol. The van der Waals surface area contributed by atoms with Crippen LogP contribution in [0.2, 0.25) is 0 Å². The van der Waals surface area contributed by atoms with Crippen molar-refractivity contribution in [2.75, 3.05) is 12.3 Å². The monoisotopic (exact) mass is 203 g/mol. The highest BCUT2D eigenvalue weighted by molar-refractivity contribution is 7.99. The zero-order chi connectivity index (χ0) is 9.90. The number of carbonyl (C=O) groups is 1. The normalized spacial score (nSPS) is 34.5. The molecular formula is C9H17NO2S. The van der Waals surface area contributed by atoms with Crippen molar-refractivity contribution in [1.82, 2.24) is 0 Å². The van der Waals surface area contributed by atoms with Gasteiger partial charge in [0.1, 0.15) is 0 Å². The summed E-state index contributed by atoms with van der Waals surface area (Å²) in [5.74, 6) is 0.419. The molecule has 2 unspecified atom stereocenters. The van der Waals surface area contributed by atoms with Crippen molar-refractivity contribution in [2.45, 2.75) is 31.4 Å². The fourth-order valence-corrected chi connectivity index (χ4v) is 3.25. The molecule has 13 heavy (non-hydrogen) atoms. The molecule has 3 N–H and O–H groups in total. The van der Waals surface area contributed by atoms with E-state index in [1.807, 2.05) is 11.8 Å². The predicted octanol–water partition coefficient (Wildman–Crippen LogP) is 1.32. The number of hydrogen-bond acceptors (Lipinski definition) is 3. The van der Waals surface area contributed by atoms with Crippen LogP contribution < -0.4 is 5.73 Å². The van der Waals surface area contributed by atoms with Gasteiger partial charge in [-0.1, -0.05) is 6.92 Å². The largest absolute Gasteiger partial charge is 0.481 e. The van der Waals surface area contributed by atoms with Crippen LogP contribution in [0, 0.1) is 5.41 Å². The summed E-state index contributed by atoms with van der Waals surface area (Å²) in [4.78, 5) is 10.7. The Bertz CT molecular complexity index is 198. The van der Waals surface area contributed by atoms with E-state index in [0.29, 0.717) is 11.8 Å². The van der Waals surface area contributed by atoms with E-state index < -0.39 is 5.97 Å². The molecule has 1 fully saturated rings. The lowest BCUT2D eigenvalue weighted by Crippen LogP contribution is -2.43. The van der Waals surface area contributed by atoms with Gasteiger partial charge in [0.05, 0.1) is 6.42 Å². The second-order valence-electron chi connectivity index (χ2n) is 3.75. The molecule has 3 nitrogen and oxygen atoms in total. The van der Waals surface area contributed by atoms with Gasteiger partial charge in [0.25, 0.3) is 0 Å². The summed E-state index contributed by atoms with van der Waals surface area (Å²) in [6, 6.07) is 0. The first kappa shape index (κ1) is 10.9. The van der Waals surface area contributed by atoms with Crippen molar-refractivity contribution >= 4 is 17.7 Å². The molecule has 1 aliphatic rings. The number of rotatable bonds is 3. The maximum atomic E-state index is 10.7. The van der Waals surface area contributed by atoms with Crippen molar-refractivity contribution in [2.24, 2.45) is 11.1 Å². The quantitative estimate of drug-likeness (QED) is 0.726. The van der Waals surface area contributed by atoms with E-state index in [2.05, 4.69) is 6.92 Å². The molecule has 1 heterocycles. The van der Waals surface area contributed by atoms with E-state index in [-0.39, 0.29) is 11.8 Å². The number of carboxylic acid groups (broad SMARTS) is 1. The molecule has 0 aliphatic carbocycles. The molecule has 0 spiro atoms. The van der Waals surface area contributed by atoms with Crippen LogP contribution in [0.5, 0.6) is 0 Å². The number of aliphatic carboxylic acids is 1. The van der Waals surface area contributed by atoms with Crippen LogP contribution in [-0.2, 0) is 4.79 Å². The maximum absolute atomic E-state index is 10.7. The predicted molar refractivity (Wildman–Crippen MR) is 54.9 cm³/mol. The van der Waals surface area contributed by atoms with Gasteiger partial charge >= 0.3 is 5.97 Å². The van der Waals surface area contributed by atoms with E-state index >= 15 is 0 Å². The second-order valence-corrected chi connectivity index (χ2v) is 5.20. The van der Waals surface area contributed by atoms with Gasteiger partial charge in [0.15, 0.2) is 0 Å². The van der Waals surface area contributed by atoms with Gasteiger partial charge in [-0.2, -0.15) is 11.8 Å². The van der Waals surface area contributed by atoms with Gasteiger partial charge in [-0.15, -0.1) is 0 Å². The summed E-state index contributed by atoms with van der Waals surface area (Å²) in [5.41, 5.74) is 5.54. The molecule has 0 aromatic carbocycles. The first-order valence-electron chi connectivity index (χ1n) is 4.64. The zero-order valence-corrected chi connectivity index (χ0v) is 8.77. The summed E-state index contributed by atoms with van der Waals surface area (Å²) in [7, 11) is 0. The molecule has 1 rings (SSSR count). The Morgan fingerprint density at radius 3 is 2.92 bits per heavy atom. The topological polar surface area (TPSA) is 63.3 Å². The van der Waals surface area contributed by atoms with E-state index in [1.165, 1.54) is 0 Å². The summed E-state index contributed by atoms with van der Waals surface area (Å²) in [6.45, 7) is 2.59. The minimum absolute atomic E-state index is 0.158. The first-order valence-corrected chi connectivity index (χ1v) is 5.69. The van der Waals surface area contributed by atoms with Gasteiger partial charge in [-0.3, -0.25) is 4.79 Å². The Balaban J connectivity index is 2.69. The average molecular weight is 203 g/mol. The van der Waals surface area contributed by atoms with Gasteiger partial charge in [0.2, 0.25) is 0 Å². The minimum Gasteiger partial charge on any atom is -0.481 e. The molecule has 0 aromatic heterocycles. The van der Waals surface area contributed by atoms with Crippen LogP contribution in [-0.4, -0.2) is 28.6 Å². The highest BCUT2D eigenvalue weighted by Gasteiger charge is 2.39. The average Bonchev–Trinajstić information content (AvgIpc) is 2.08. The number of nitrogens with two attached hydrogens (primary N) is 1. The van der Waals surface area contributed by atoms with E-state index in [4.69, 9.17) is 10.8 Å². The summed E-state index contributed by atoms with van der Waals surface area (Å²) >= 11 is 1.85. The van der Waals surface area contributed by atoms with Gasteiger partial charge in [-0.25, -0.2) is 0 Å². The maximum Gasteiger partial charge on any atom is 0.303 e. The van der Waals surface area contributed by atoms with E-state index in [1.54, 1.807) is 0 Å². The van der Waals surface area contributed by atoms with Crippen molar-refractivity contribution < 1.29 is 9.90 Å². The van der Waals surface area contributed by atoms with Crippen molar-refractivity contribution in [3.05, 3.63) is 0 Å². The SMILES string of the molecule is CC1SCCCC1(CN)CC(=O)O. The zero-order valence-electron chi connectivity index (χ0n) is 7.95. The van der Waals surface area contributed by atoms with Crippen molar-refractivity contribution in [1.29, 1.82) is 0 Å². The molecule has 1 aliphatic heterocycles. The first-order chi connectivity index (χ1) is 6.10. The van der Waals surface area contributed by atoms with Crippen LogP contribution in [0.4, 0.5) is 0 Å². The molecule has 0 aromatic rings. The van der Waals surface area contributed by atoms with E-state index in [9.17, 15) is 4.79 Å². The molecule has 0 saturated carbocycles. The Morgan fingerprint density at radius 1 is 1.77 bits per heavy atom. The third-order valence-electron chi connectivity index (χ3n) is 2.96. The van der Waals surface area contributed by atoms with Gasteiger partial charge in [0, 0.05) is 10.7 Å². The third-order valence-corrected chi connectivity index (χ3v) is 4.48. The Hall–Kier alpha value is -0.220. The van der Waals surface area contributed by atoms with Crippen LogP contribution in [0.15, 0.2) is 0 Å². The Labute approximate surface area is 83.1 Å². The molecule has 0 bridgehead atoms. The third kappa shape index (κ3) is 2.38. The highest BCUT2D eigenvalue weighted by atomic mass is 32.2. The van der Waals surface area contributed by atoms with Crippen molar-refractivity contribution in [3.63, 3.8) is 0 Å². The van der Waals surface area contributed by atoms with Gasteiger partial charge in [-0.05, 0) is 25.1 Å². The summed E-state index contributed by atoms with van der Waals surface area (Å²) in [5, 5.41) is 9.19. The number of hydrogen-bond donors (Lipinski definition) is 2. The van der Waals surface area contributed by atoms with Crippen molar-refractivity contribution in [3.8, 4) is 0 Å². The fourth-order valence-electron chi connectivity index (χ4n) is 1.94. The van der Waals surface area contributed by atoms with Crippen LogP contribution in [0.25, 0.3) is 0 Å². The van der Waals surface area contributed by atoms with E-state index in [0.717, 1.165) is 18.6 Å². The molecule has 1 saturated heterocycles. The van der Waals surface area contributed by atoms with Gasteiger partial charge < -0.3 is 10.8 Å². The highest BCUT2D eigenvalue weighted by Crippen LogP contribution is 2.42. The lowest BCUT2D eigenvalue weighted by atomic mass is 9.77. The number of thioether (sulfide) groups is 1. The molecule has 0 radical (unpaired) electrons. The lowest BCUT2D eigenvalue weighted by molar-refractivity contribution is -0.139. The molecule has 76 valence electrons. The second kappa shape index (κ2) is 4.33. The lowest BCUT2D eigenvalue weighted by Gasteiger charge is -2.40. The molecule has 2 atom stereocenters. The minimum atomic E-state index is -0.722. The Kier molecular flexibility index (Phi) is 3.62. The smallest absolute Gasteiger partial charge is 0.303 e. The van der Waals surface area contributed by atoms with Crippen LogP contribution in [0.3, 0.4) is 0 Å². The molecule has 0 amide bonds. The van der Waals surface area contributed by atoms with Crippen LogP contribution >= 0.6 is 11.8 Å². The summed E-state index contributed by atoms with van der Waals surface area (Å²) in [6.07, 6.45) is 2.28. The number of carboxylic acids is 1. The summed E-state index contributed by atoms with van der Waals surface area (Å²) < 4.78 is 0. The fraction of sp³-hybridized carbons (Fsp3) is 0.889. The molecule has 4 heteroatoms.